The molecule has 1 aliphatic rings. The number of carboxylic acids is 2. The molecule has 62 valence electrons. The molecule has 0 radical (unpaired) electrons. The van der Waals surface area contributed by atoms with Crippen molar-refractivity contribution in [2.45, 2.75) is 0 Å². The highest BCUT2D eigenvalue weighted by atomic mass is 32.2. The van der Waals surface area contributed by atoms with Crippen LogP contribution < -0.4 is 4.72 Å². The Kier molecular flexibility index (Phi) is 2.05. The summed E-state index contributed by atoms with van der Waals surface area (Å²) in [4.78, 5) is 21.1. The summed E-state index contributed by atoms with van der Waals surface area (Å²) in [7, 11) is 0. The van der Waals surface area contributed by atoms with Crippen molar-refractivity contribution in [2.75, 3.05) is 12.3 Å². The van der Waals surface area contributed by atoms with E-state index in [1.54, 1.807) is 0 Å². The lowest BCUT2D eigenvalue weighted by atomic mass is 9.91. The molecule has 3 N–H and O–H groups in total. The van der Waals surface area contributed by atoms with Crippen LogP contribution in [0.15, 0.2) is 0 Å². The second-order valence-electron chi connectivity index (χ2n) is 2.30. The molecule has 1 fully saturated rings. The lowest BCUT2D eigenvalue weighted by Crippen LogP contribution is -2.43. The highest BCUT2D eigenvalue weighted by Crippen LogP contribution is 2.28. The summed E-state index contributed by atoms with van der Waals surface area (Å²) in [5.41, 5.74) is -1.62. The Labute approximate surface area is 66.9 Å². The third-order valence-electron chi connectivity index (χ3n) is 1.61. The van der Waals surface area contributed by atoms with E-state index in [4.69, 9.17) is 10.2 Å². The summed E-state index contributed by atoms with van der Waals surface area (Å²) in [5.74, 6) is -2.47. The summed E-state index contributed by atoms with van der Waals surface area (Å²) in [6.45, 7) is -0.0116. The maximum atomic E-state index is 10.5. The minimum absolute atomic E-state index is 0.0116. The van der Waals surface area contributed by atoms with E-state index in [0.29, 0.717) is 0 Å². The van der Waals surface area contributed by atoms with Gasteiger partial charge in [-0.25, -0.2) is 0 Å². The van der Waals surface area contributed by atoms with Crippen molar-refractivity contribution >= 4 is 23.9 Å². The molecule has 6 heteroatoms. The maximum absolute atomic E-state index is 10.5. The van der Waals surface area contributed by atoms with Crippen LogP contribution in [0.2, 0.25) is 0 Å². The minimum atomic E-state index is -1.62. The third-order valence-corrected chi connectivity index (χ3v) is 2.60. The minimum Gasteiger partial charge on any atom is -0.480 e. The normalized spacial score (nSPS) is 21.5. The number of rotatable bonds is 2. The lowest BCUT2D eigenvalue weighted by molar-refractivity contribution is -0.161. The van der Waals surface area contributed by atoms with Crippen LogP contribution in [-0.2, 0) is 9.59 Å². The van der Waals surface area contributed by atoms with Gasteiger partial charge < -0.3 is 10.2 Å². The number of carboxylic acid groups (broad SMARTS) is 2. The van der Waals surface area contributed by atoms with Crippen molar-refractivity contribution in [2.24, 2.45) is 5.41 Å². The first-order valence-electron chi connectivity index (χ1n) is 2.91. The Morgan fingerprint density at radius 2 is 1.91 bits per heavy atom. The molecule has 0 aliphatic carbocycles. The third kappa shape index (κ3) is 1.19. The lowest BCUT2D eigenvalue weighted by Gasteiger charge is -2.14. The molecule has 0 amide bonds. The first-order chi connectivity index (χ1) is 5.09. The van der Waals surface area contributed by atoms with Crippen molar-refractivity contribution in [3.05, 3.63) is 0 Å². The second kappa shape index (κ2) is 2.71. The van der Waals surface area contributed by atoms with Gasteiger partial charge in [0.05, 0.1) is 0 Å². The van der Waals surface area contributed by atoms with Gasteiger partial charge in [0, 0.05) is 12.3 Å². The summed E-state index contributed by atoms with van der Waals surface area (Å²) >= 11 is 1.13. The summed E-state index contributed by atoms with van der Waals surface area (Å²) in [5, 5.41) is 17.2. The van der Waals surface area contributed by atoms with Crippen LogP contribution in [0.3, 0.4) is 0 Å². The van der Waals surface area contributed by atoms with Gasteiger partial charge in [-0.2, -0.15) is 0 Å². The van der Waals surface area contributed by atoms with Crippen LogP contribution in [0.25, 0.3) is 0 Å². The molecule has 1 rings (SSSR count). The SMILES string of the molecule is O=C(O)C1(C(=O)O)CNSC1. The molecule has 5 nitrogen and oxygen atoms in total. The first-order valence-corrected chi connectivity index (χ1v) is 3.89. The molecule has 1 aliphatic heterocycles. The van der Waals surface area contributed by atoms with Gasteiger partial charge in [0.15, 0.2) is 5.41 Å². The number of hydrogen-bond donors (Lipinski definition) is 3. The smallest absolute Gasteiger partial charge is 0.323 e. The first kappa shape index (κ1) is 8.35. The molecule has 0 bridgehead atoms. The van der Waals surface area contributed by atoms with Crippen molar-refractivity contribution in [3.63, 3.8) is 0 Å². The van der Waals surface area contributed by atoms with E-state index >= 15 is 0 Å². The van der Waals surface area contributed by atoms with Gasteiger partial charge in [-0.3, -0.25) is 14.3 Å². The van der Waals surface area contributed by atoms with Crippen molar-refractivity contribution in [3.8, 4) is 0 Å². The summed E-state index contributed by atoms with van der Waals surface area (Å²) < 4.78 is 2.63. The van der Waals surface area contributed by atoms with Gasteiger partial charge >= 0.3 is 11.9 Å². The zero-order valence-corrected chi connectivity index (χ0v) is 6.35. The zero-order valence-electron chi connectivity index (χ0n) is 5.53. The molecule has 0 aromatic heterocycles. The van der Waals surface area contributed by atoms with Crippen LogP contribution in [-0.4, -0.2) is 34.4 Å². The predicted molar refractivity (Wildman–Crippen MR) is 38.2 cm³/mol. The molecule has 0 spiro atoms. The Bertz CT molecular complexity index is 183. The Morgan fingerprint density at radius 1 is 1.36 bits per heavy atom. The topological polar surface area (TPSA) is 86.6 Å². The Hall–Kier alpha value is -0.750. The van der Waals surface area contributed by atoms with Crippen molar-refractivity contribution < 1.29 is 19.8 Å². The second-order valence-corrected chi connectivity index (χ2v) is 3.17. The average Bonchev–Trinajstić information content (AvgIpc) is 2.34. The monoisotopic (exact) mass is 177 g/mol. The Morgan fingerprint density at radius 3 is 2.09 bits per heavy atom. The van der Waals surface area contributed by atoms with Crippen LogP contribution >= 0.6 is 11.9 Å². The van der Waals surface area contributed by atoms with Gasteiger partial charge in [-0.1, -0.05) is 11.9 Å². The maximum Gasteiger partial charge on any atom is 0.323 e. The molecule has 0 unspecified atom stereocenters. The van der Waals surface area contributed by atoms with Crippen LogP contribution in [0.4, 0.5) is 0 Å². The van der Waals surface area contributed by atoms with Gasteiger partial charge in [-0.15, -0.1) is 0 Å². The highest BCUT2D eigenvalue weighted by molar-refractivity contribution is 7.97. The van der Waals surface area contributed by atoms with Crippen LogP contribution in [0.5, 0.6) is 0 Å². The fraction of sp³-hybridized carbons (Fsp3) is 0.600. The van der Waals surface area contributed by atoms with Gasteiger partial charge in [0.2, 0.25) is 0 Å². The highest BCUT2D eigenvalue weighted by Gasteiger charge is 2.49. The largest absolute Gasteiger partial charge is 0.480 e. The van der Waals surface area contributed by atoms with E-state index in [0.717, 1.165) is 11.9 Å². The number of aliphatic carboxylic acids is 2. The number of hydrogen-bond acceptors (Lipinski definition) is 4. The van der Waals surface area contributed by atoms with E-state index in [2.05, 4.69) is 4.72 Å². The molecule has 0 atom stereocenters. The molecule has 11 heavy (non-hydrogen) atoms. The van der Waals surface area contributed by atoms with E-state index in [9.17, 15) is 9.59 Å². The van der Waals surface area contributed by atoms with E-state index in [1.165, 1.54) is 0 Å². The molecule has 0 aromatic carbocycles. The fourth-order valence-electron chi connectivity index (χ4n) is 0.766. The van der Waals surface area contributed by atoms with Gasteiger partial charge in [0.25, 0.3) is 0 Å². The van der Waals surface area contributed by atoms with Crippen LogP contribution in [0.1, 0.15) is 0 Å². The zero-order chi connectivity index (χ0) is 8.48. The summed E-state index contributed by atoms with van der Waals surface area (Å²) in [6.07, 6.45) is 0. The van der Waals surface area contributed by atoms with E-state index in [-0.39, 0.29) is 12.3 Å². The molecule has 0 saturated carbocycles. The quantitative estimate of drug-likeness (QED) is 0.385. The average molecular weight is 177 g/mol. The summed E-state index contributed by atoms with van der Waals surface area (Å²) in [6, 6.07) is 0. The molecule has 1 saturated heterocycles. The fourth-order valence-corrected chi connectivity index (χ4v) is 1.81. The van der Waals surface area contributed by atoms with Gasteiger partial charge in [-0.05, 0) is 0 Å². The van der Waals surface area contributed by atoms with E-state index < -0.39 is 17.4 Å². The number of nitrogens with one attached hydrogen (secondary N) is 1. The number of carbonyl (C=O) groups is 2. The standard InChI is InChI=1S/C5H7NO4S/c7-3(8)5(4(9)10)1-6-11-2-5/h6H,1-2H2,(H,7,8)(H,9,10). The van der Waals surface area contributed by atoms with Crippen molar-refractivity contribution in [1.82, 2.24) is 4.72 Å². The van der Waals surface area contributed by atoms with Crippen LogP contribution in [0, 0.1) is 5.41 Å². The van der Waals surface area contributed by atoms with Gasteiger partial charge in [0.1, 0.15) is 0 Å². The molecular formula is C5H7NO4S. The molecule has 1 heterocycles. The predicted octanol–water partition coefficient (Wildman–Crippen LogP) is -0.607. The Balaban J connectivity index is 2.87. The van der Waals surface area contributed by atoms with E-state index in [1.807, 2.05) is 0 Å². The van der Waals surface area contributed by atoms with Crippen molar-refractivity contribution in [1.29, 1.82) is 0 Å². The molecule has 0 aromatic rings. The molecular weight excluding hydrogens is 170 g/mol.